The maximum atomic E-state index is 10.4. The summed E-state index contributed by atoms with van der Waals surface area (Å²) in [5.41, 5.74) is 0.928. The van der Waals surface area contributed by atoms with Crippen LogP contribution in [0.1, 0.15) is 5.56 Å². The molecule has 12 heavy (non-hydrogen) atoms. The van der Waals surface area contributed by atoms with Crippen molar-refractivity contribution in [2.24, 2.45) is 0 Å². The van der Waals surface area contributed by atoms with Crippen molar-refractivity contribution in [2.45, 2.75) is 11.8 Å². The first kappa shape index (κ1) is 13.2. The Morgan fingerprint density at radius 3 is 1.92 bits per heavy atom. The van der Waals surface area contributed by atoms with Crippen LogP contribution in [-0.4, -0.2) is 13.0 Å². The summed E-state index contributed by atoms with van der Waals surface area (Å²) >= 11 is 0. The molecule has 0 heterocycles. The van der Waals surface area contributed by atoms with Crippen molar-refractivity contribution in [3.05, 3.63) is 29.8 Å². The van der Waals surface area contributed by atoms with Gasteiger partial charge in [-0.3, -0.25) is 0 Å². The van der Waals surface area contributed by atoms with Gasteiger partial charge in [0.25, 0.3) is 0 Å². The second-order valence-electron chi connectivity index (χ2n) is 2.27. The predicted octanol–water partition coefficient (Wildman–Crippen LogP) is -2.10. The van der Waals surface area contributed by atoms with Gasteiger partial charge in [-0.2, -0.15) is 0 Å². The zero-order valence-electron chi connectivity index (χ0n) is 6.94. The van der Waals surface area contributed by atoms with Gasteiger partial charge >= 0.3 is 68.9 Å². The van der Waals surface area contributed by atoms with Crippen LogP contribution < -0.4 is 68.9 Å². The quantitative estimate of drug-likeness (QED) is 0.559. The van der Waals surface area contributed by atoms with Gasteiger partial charge in [-0.15, -0.1) is 0 Å². The first-order valence-corrected chi connectivity index (χ1v) is 4.43. The molecule has 0 aliphatic heterocycles. The van der Waals surface area contributed by atoms with Crippen molar-refractivity contribution >= 4 is 10.1 Å². The zero-order valence-corrected chi connectivity index (χ0v) is 14.0. The Morgan fingerprint density at radius 1 is 1.17 bits per heavy atom. The van der Waals surface area contributed by atoms with Crippen LogP contribution in [0.3, 0.4) is 0 Å². The summed E-state index contributed by atoms with van der Waals surface area (Å²) in [6.45, 7) is 1.82. The van der Waals surface area contributed by atoms with Crippen molar-refractivity contribution in [3.63, 3.8) is 0 Å². The summed E-state index contributed by atoms with van der Waals surface area (Å²) in [6.07, 6.45) is 0. The second-order valence-corrected chi connectivity index (χ2v) is 3.65. The maximum absolute atomic E-state index is 10.4. The van der Waals surface area contributed by atoms with E-state index in [4.69, 9.17) is 0 Å². The Kier molecular flexibility index (Phi) is 5.67. The topological polar surface area (TPSA) is 57.2 Å². The summed E-state index contributed by atoms with van der Waals surface area (Å²) < 4.78 is 31.2. The molecule has 0 aromatic heterocycles. The van der Waals surface area contributed by atoms with Crippen LogP contribution in [0, 0.1) is 6.92 Å². The summed E-state index contributed by atoms with van der Waals surface area (Å²) in [6, 6.07) is 5.78. The molecule has 5 heteroatoms. The van der Waals surface area contributed by atoms with Gasteiger partial charge in [-0.05, 0) is 19.1 Å². The third-order valence-electron chi connectivity index (χ3n) is 1.31. The molecule has 0 N–H and O–H groups in total. The van der Waals surface area contributed by atoms with E-state index in [1.165, 1.54) is 12.1 Å². The van der Waals surface area contributed by atoms with Crippen molar-refractivity contribution in [2.75, 3.05) is 0 Å². The predicted molar refractivity (Wildman–Crippen MR) is 39.1 cm³/mol. The smallest absolute Gasteiger partial charge is 0.744 e. The van der Waals surface area contributed by atoms with Gasteiger partial charge in [0.2, 0.25) is 0 Å². The molecule has 1 rings (SSSR count). The Balaban J connectivity index is 0.00000121. The van der Waals surface area contributed by atoms with E-state index < -0.39 is 10.1 Å². The number of hydrogen-bond acceptors (Lipinski definition) is 3. The first-order valence-electron chi connectivity index (χ1n) is 3.03. The largest absolute Gasteiger partial charge is 1.00 e. The van der Waals surface area contributed by atoms with Crippen LogP contribution >= 0.6 is 0 Å². The zero-order chi connectivity index (χ0) is 8.48. The van der Waals surface area contributed by atoms with Gasteiger partial charge in [0.1, 0.15) is 10.1 Å². The fourth-order valence-corrected chi connectivity index (χ4v) is 1.17. The summed E-state index contributed by atoms with van der Waals surface area (Å²) in [7, 11) is -4.27. The third-order valence-corrected chi connectivity index (χ3v) is 2.16. The SMILES string of the molecule is Cc1ccc(S(=O)(=O)[O-])cc1.[Cs+]. The molecule has 60 valence electrons. The van der Waals surface area contributed by atoms with Crippen LogP contribution in [0.25, 0.3) is 0 Å². The van der Waals surface area contributed by atoms with E-state index in [-0.39, 0.29) is 73.8 Å². The van der Waals surface area contributed by atoms with Crippen molar-refractivity contribution in [1.82, 2.24) is 0 Å². The van der Waals surface area contributed by atoms with Crippen molar-refractivity contribution in [1.29, 1.82) is 0 Å². The Hall–Kier alpha value is 1.18. The molecule has 1 aromatic rings. The minimum Gasteiger partial charge on any atom is -0.744 e. The van der Waals surface area contributed by atoms with E-state index in [1.54, 1.807) is 12.1 Å². The van der Waals surface area contributed by atoms with E-state index in [9.17, 15) is 13.0 Å². The Morgan fingerprint density at radius 2 is 1.58 bits per heavy atom. The van der Waals surface area contributed by atoms with E-state index >= 15 is 0 Å². The Labute approximate surface area is 131 Å². The maximum Gasteiger partial charge on any atom is 1.00 e. The number of hydrogen-bond donors (Lipinski definition) is 0. The molecule has 0 amide bonds. The fraction of sp³-hybridized carbons (Fsp3) is 0.143. The molecule has 0 spiro atoms. The number of benzene rings is 1. The summed E-state index contributed by atoms with van der Waals surface area (Å²) in [5.74, 6) is 0. The Bertz CT molecular complexity index is 341. The van der Waals surface area contributed by atoms with Crippen LogP contribution in [0.5, 0.6) is 0 Å². The van der Waals surface area contributed by atoms with Crippen molar-refractivity contribution < 1.29 is 81.9 Å². The molecule has 0 aliphatic rings. The van der Waals surface area contributed by atoms with E-state index in [2.05, 4.69) is 0 Å². The summed E-state index contributed by atoms with van der Waals surface area (Å²) in [5, 5.41) is 0. The normalized spacial score (nSPS) is 10.5. The molecule has 0 bridgehead atoms. The number of aryl methyl sites for hydroxylation is 1. The van der Waals surface area contributed by atoms with Gasteiger partial charge in [-0.25, -0.2) is 8.42 Å². The monoisotopic (exact) mass is 304 g/mol. The van der Waals surface area contributed by atoms with Crippen molar-refractivity contribution in [3.8, 4) is 0 Å². The third kappa shape index (κ3) is 3.93. The molecule has 0 unspecified atom stereocenters. The molecule has 0 atom stereocenters. The molecule has 3 nitrogen and oxygen atoms in total. The molecular weight excluding hydrogens is 297 g/mol. The van der Waals surface area contributed by atoms with Gasteiger partial charge in [0, 0.05) is 0 Å². The molecule has 1 aromatic carbocycles. The second kappa shape index (κ2) is 5.16. The van der Waals surface area contributed by atoms with Gasteiger partial charge in [0.05, 0.1) is 4.90 Å². The standard InChI is InChI=1S/C7H8O3S.Cs/c1-6-2-4-7(5-3-6)11(8,9)10;/h2-5H,1H3,(H,8,9,10);/q;+1/p-1. The minimum atomic E-state index is -4.27. The molecule has 0 aliphatic carbocycles. The van der Waals surface area contributed by atoms with E-state index in [0.29, 0.717) is 0 Å². The summed E-state index contributed by atoms with van der Waals surface area (Å²) in [4.78, 5) is -0.178. The average Bonchev–Trinajstić information content (AvgIpc) is 1.86. The fourth-order valence-electron chi connectivity index (χ4n) is 0.705. The van der Waals surface area contributed by atoms with E-state index in [1.807, 2.05) is 6.92 Å². The van der Waals surface area contributed by atoms with E-state index in [0.717, 1.165) is 5.56 Å². The molecule has 0 saturated heterocycles. The average molecular weight is 304 g/mol. The minimum absolute atomic E-state index is 0. The molecule has 0 radical (unpaired) electrons. The molecule has 0 saturated carbocycles. The van der Waals surface area contributed by atoms with Gasteiger partial charge < -0.3 is 4.55 Å². The van der Waals surface area contributed by atoms with Gasteiger partial charge in [0.15, 0.2) is 0 Å². The van der Waals surface area contributed by atoms with Crippen LogP contribution in [0.15, 0.2) is 29.2 Å². The number of rotatable bonds is 1. The molecular formula is C7H7CsO3S. The van der Waals surface area contributed by atoms with Gasteiger partial charge in [-0.1, -0.05) is 17.7 Å². The van der Waals surface area contributed by atoms with Crippen LogP contribution in [-0.2, 0) is 10.1 Å². The van der Waals surface area contributed by atoms with Crippen LogP contribution in [0.4, 0.5) is 0 Å². The first-order chi connectivity index (χ1) is 5.00. The van der Waals surface area contributed by atoms with Crippen LogP contribution in [0.2, 0.25) is 0 Å². The molecule has 0 fully saturated rings.